The van der Waals surface area contributed by atoms with E-state index in [9.17, 15) is 14.7 Å². The third kappa shape index (κ3) is 2.81. The van der Waals surface area contributed by atoms with E-state index in [0.717, 1.165) is 15.6 Å². The second kappa shape index (κ2) is 6.04. The lowest BCUT2D eigenvalue weighted by Gasteiger charge is -2.34. The van der Waals surface area contributed by atoms with Crippen molar-refractivity contribution in [2.24, 2.45) is 0 Å². The van der Waals surface area contributed by atoms with Gasteiger partial charge in [-0.15, -0.1) is 0 Å². The zero-order valence-electron chi connectivity index (χ0n) is 12.2. The maximum Gasteiger partial charge on any atom is 0.326 e. The minimum atomic E-state index is -1.06. The van der Waals surface area contributed by atoms with Crippen LogP contribution in [0.3, 0.4) is 0 Å². The Balaban J connectivity index is 1.96. The standard InChI is InChI=1S/C15H13BrN2O5/c1-22-13-6-12(23-17-13)14(19)18-7-8-3-2-4-10(16)9(8)5-11(18)15(20)21/h2-4,6,11H,5,7H2,1H3,(H,20,21). The summed E-state index contributed by atoms with van der Waals surface area (Å²) in [5.41, 5.74) is 1.80. The average molecular weight is 381 g/mol. The lowest BCUT2D eigenvalue weighted by Crippen LogP contribution is -2.48. The van der Waals surface area contributed by atoms with Crippen LogP contribution in [0.15, 0.2) is 33.3 Å². The summed E-state index contributed by atoms with van der Waals surface area (Å²) in [6.07, 6.45) is 0.225. The van der Waals surface area contributed by atoms with E-state index in [1.165, 1.54) is 18.1 Å². The highest BCUT2D eigenvalue weighted by molar-refractivity contribution is 9.10. The number of rotatable bonds is 3. The van der Waals surface area contributed by atoms with Gasteiger partial charge in [0.05, 0.1) is 13.2 Å². The molecule has 0 fully saturated rings. The van der Waals surface area contributed by atoms with Crippen LogP contribution < -0.4 is 4.74 Å². The van der Waals surface area contributed by atoms with E-state index < -0.39 is 17.9 Å². The number of hydrogen-bond donors (Lipinski definition) is 1. The molecule has 0 spiro atoms. The van der Waals surface area contributed by atoms with Gasteiger partial charge in [-0.1, -0.05) is 28.1 Å². The summed E-state index contributed by atoms with van der Waals surface area (Å²) in [5.74, 6) is -1.48. The first-order valence-electron chi connectivity index (χ1n) is 6.82. The molecule has 2 aromatic rings. The van der Waals surface area contributed by atoms with Crippen LogP contribution in [-0.4, -0.2) is 40.2 Å². The first-order valence-corrected chi connectivity index (χ1v) is 7.61. The SMILES string of the molecule is COc1cc(C(=O)N2Cc3cccc(Br)c3CC2C(=O)O)on1. The van der Waals surface area contributed by atoms with E-state index in [1.54, 1.807) is 0 Å². The number of methoxy groups -OCH3 is 1. The number of carbonyl (C=O) groups is 2. The van der Waals surface area contributed by atoms with Crippen LogP contribution in [0.5, 0.6) is 5.88 Å². The molecule has 0 bridgehead atoms. The predicted octanol–water partition coefficient (Wildman–Crippen LogP) is 2.10. The second-order valence-corrected chi connectivity index (χ2v) is 5.96. The minimum absolute atomic E-state index is 0.0495. The number of carboxylic acid groups (broad SMARTS) is 1. The average Bonchev–Trinajstić information content (AvgIpc) is 3.02. The molecule has 0 saturated heterocycles. The van der Waals surface area contributed by atoms with E-state index in [1.807, 2.05) is 18.2 Å². The zero-order chi connectivity index (χ0) is 16.6. The molecule has 1 aromatic carbocycles. The molecule has 1 aliphatic rings. The molecule has 1 atom stereocenters. The van der Waals surface area contributed by atoms with Crippen molar-refractivity contribution in [2.75, 3.05) is 7.11 Å². The van der Waals surface area contributed by atoms with Crippen LogP contribution in [0.4, 0.5) is 0 Å². The van der Waals surface area contributed by atoms with Crippen molar-refractivity contribution in [1.82, 2.24) is 10.1 Å². The number of fused-ring (bicyclic) bond motifs is 1. The van der Waals surface area contributed by atoms with Crippen LogP contribution in [-0.2, 0) is 17.8 Å². The quantitative estimate of drug-likeness (QED) is 0.876. The first kappa shape index (κ1) is 15.5. The summed E-state index contributed by atoms with van der Waals surface area (Å²) < 4.78 is 10.7. The topological polar surface area (TPSA) is 92.9 Å². The van der Waals surface area contributed by atoms with E-state index >= 15 is 0 Å². The molecular weight excluding hydrogens is 368 g/mol. The van der Waals surface area contributed by atoms with Crippen molar-refractivity contribution < 1.29 is 24.0 Å². The molecular formula is C15H13BrN2O5. The van der Waals surface area contributed by atoms with Gasteiger partial charge < -0.3 is 19.3 Å². The summed E-state index contributed by atoms with van der Waals surface area (Å²) >= 11 is 3.43. The van der Waals surface area contributed by atoms with Gasteiger partial charge in [-0.25, -0.2) is 4.79 Å². The molecule has 23 heavy (non-hydrogen) atoms. The molecule has 1 aliphatic heterocycles. The number of nitrogens with zero attached hydrogens (tertiary/aromatic N) is 2. The van der Waals surface area contributed by atoms with Gasteiger partial charge in [-0.2, -0.15) is 0 Å². The molecule has 120 valence electrons. The van der Waals surface area contributed by atoms with Gasteiger partial charge in [0.15, 0.2) is 0 Å². The highest BCUT2D eigenvalue weighted by Gasteiger charge is 2.37. The summed E-state index contributed by atoms with van der Waals surface area (Å²) in [7, 11) is 1.40. The minimum Gasteiger partial charge on any atom is -0.480 e. The fourth-order valence-electron chi connectivity index (χ4n) is 2.61. The number of amides is 1. The molecule has 0 saturated carbocycles. The number of hydrogen-bond acceptors (Lipinski definition) is 5. The Morgan fingerprint density at radius 1 is 1.48 bits per heavy atom. The number of aromatic nitrogens is 1. The van der Waals surface area contributed by atoms with Crippen LogP contribution in [0, 0.1) is 0 Å². The summed E-state index contributed by atoms with van der Waals surface area (Å²) in [6.45, 7) is 0.188. The van der Waals surface area contributed by atoms with Gasteiger partial charge in [-0.3, -0.25) is 4.79 Å². The van der Waals surface area contributed by atoms with Crippen molar-refractivity contribution in [3.63, 3.8) is 0 Å². The Kier molecular flexibility index (Phi) is 4.08. The fraction of sp³-hybridized carbons (Fsp3) is 0.267. The number of carbonyl (C=O) groups excluding carboxylic acids is 1. The third-order valence-corrected chi connectivity index (χ3v) is 4.53. The van der Waals surface area contributed by atoms with Crippen molar-refractivity contribution in [3.8, 4) is 5.88 Å². The van der Waals surface area contributed by atoms with Crippen molar-refractivity contribution in [3.05, 3.63) is 45.6 Å². The molecule has 1 N–H and O–H groups in total. The normalized spacial score (nSPS) is 16.8. The van der Waals surface area contributed by atoms with Gasteiger partial charge in [0, 0.05) is 17.4 Å². The Morgan fingerprint density at radius 2 is 2.26 bits per heavy atom. The van der Waals surface area contributed by atoms with Gasteiger partial charge in [-0.05, 0) is 22.3 Å². The number of aliphatic carboxylic acids is 1. The molecule has 1 unspecified atom stereocenters. The number of halogens is 1. The van der Waals surface area contributed by atoms with E-state index in [0.29, 0.717) is 0 Å². The summed E-state index contributed by atoms with van der Waals surface area (Å²) in [6, 6.07) is 5.96. The lowest BCUT2D eigenvalue weighted by molar-refractivity contribution is -0.142. The van der Waals surface area contributed by atoms with Crippen LogP contribution in [0.1, 0.15) is 21.7 Å². The Bertz CT molecular complexity index is 773. The Morgan fingerprint density at radius 3 is 2.91 bits per heavy atom. The van der Waals surface area contributed by atoms with E-state index in [4.69, 9.17) is 9.26 Å². The monoisotopic (exact) mass is 380 g/mol. The van der Waals surface area contributed by atoms with Crippen LogP contribution in [0.25, 0.3) is 0 Å². The molecule has 2 heterocycles. The molecule has 0 aliphatic carbocycles. The highest BCUT2D eigenvalue weighted by Crippen LogP contribution is 2.30. The van der Waals surface area contributed by atoms with Gasteiger partial charge >= 0.3 is 5.97 Å². The maximum absolute atomic E-state index is 12.6. The van der Waals surface area contributed by atoms with Crippen molar-refractivity contribution in [2.45, 2.75) is 19.0 Å². The molecule has 7 nitrogen and oxygen atoms in total. The Hall–Kier alpha value is -2.35. The molecule has 0 radical (unpaired) electrons. The first-order chi connectivity index (χ1) is 11.0. The summed E-state index contributed by atoms with van der Waals surface area (Å²) in [5, 5.41) is 13.1. The van der Waals surface area contributed by atoms with Crippen molar-refractivity contribution >= 4 is 27.8 Å². The smallest absolute Gasteiger partial charge is 0.326 e. The highest BCUT2D eigenvalue weighted by atomic mass is 79.9. The predicted molar refractivity (Wildman–Crippen MR) is 82.2 cm³/mol. The molecule has 8 heteroatoms. The molecule has 1 aromatic heterocycles. The van der Waals surface area contributed by atoms with Gasteiger partial charge in [0.2, 0.25) is 5.76 Å². The van der Waals surface area contributed by atoms with Crippen molar-refractivity contribution in [1.29, 1.82) is 0 Å². The maximum atomic E-state index is 12.6. The number of benzene rings is 1. The fourth-order valence-corrected chi connectivity index (χ4v) is 3.18. The summed E-state index contributed by atoms with van der Waals surface area (Å²) in [4.78, 5) is 25.5. The Labute approximate surface area is 139 Å². The number of ether oxygens (including phenoxy) is 1. The van der Waals surface area contributed by atoms with E-state index in [-0.39, 0.29) is 24.6 Å². The van der Waals surface area contributed by atoms with Gasteiger partial charge in [0.25, 0.3) is 11.8 Å². The van der Waals surface area contributed by atoms with Crippen LogP contribution >= 0.6 is 15.9 Å². The zero-order valence-corrected chi connectivity index (χ0v) is 13.7. The number of carboxylic acids is 1. The third-order valence-electron chi connectivity index (χ3n) is 3.78. The molecule has 1 amide bonds. The largest absolute Gasteiger partial charge is 0.480 e. The lowest BCUT2D eigenvalue weighted by atomic mass is 9.93. The van der Waals surface area contributed by atoms with Gasteiger partial charge in [0.1, 0.15) is 6.04 Å². The van der Waals surface area contributed by atoms with Crippen LogP contribution in [0.2, 0.25) is 0 Å². The second-order valence-electron chi connectivity index (χ2n) is 5.10. The van der Waals surface area contributed by atoms with E-state index in [2.05, 4.69) is 21.1 Å². The molecule has 3 rings (SSSR count).